The Kier molecular flexibility index (Phi) is 6.74. The molecule has 0 unspecified atom stereocenters. The molecular formula is C22H19Cl2FN4O2S. The molecule has 0 aliphatic carbocycles. The van der Waals surface area contributed by atoms with Crippen LogP contribution < -0.4 is 9.47 Å². The van der Waals surface area contributed by atoms with Crippen molar-refractivity contribution in [1.82, 2.24) is 14.9 Å². The maximum absolute atomic E-state index is 14.4. The maximum atomic E-state index is 14.4. The van der Waals surface area contributed by atoms with Crippen LogP contribution in [-0.4, -0.2) is 34.8 Å². The van der Waals surface area contributed by atoms with Crippen LogP contribution in [0.15, 0.2) is 45.5 Å². The molecule has 1 aromatic heterocycles. The first kappa shape index (κ1) is 22.6. The van der Waals surface area contributed by atoms with Gasteiger partial charge in [-0.1, -0.05) is 36.2 Å². The summed E-state index contributed by atoms with van der Waals surface area (Å²) in [5.74, 6) is 1.35. The number of nitrogens with zero attached hydrogens (tertiary/aromatic N) is 4. The summed E-state index contributed by atoms with van der Waals surface area (Å²) >= 11 is 13.7. The van der Waals surface area contributed by atoms with E-state index < -0.39 is 5.82 Å². The predicted octanol–water partition coefficient (Wildman–Crippen LogP) is 6.09. The number of aromatic nitrogens is 3. The SMILES string of the molecule is CCCc1nnc2n1N=C(c1cc(F)c(Cl)cc1Cl)/C(=C/c1ccc(OC)c(OC)c1)S2. The van der Waals surface area contributed by atoms with Crippen LogP contribution in [0.25, 0.3) is 6.08 Å². The van der Waals surface area contributed by atoms with E-state index in [-0.39, 0.29) is 5.02 Å². The lowest BCUT2D eigenvalue weighted by atomic mass is 10.1. The van der Waals surface area contributed by atoms with Gasteiger partial charge in [0.15, 0.2) is 17.3 Å². The zero-order valence-corrected chi connectivity index (χ0v) is 19.9. The van der Waals surface area contributed by atoms with Crippen LogP contribution in [0.5, 0.6) is 11.5 Å². The smallest absolute Gasteiger partial charge is 0.216 e. The van der Waals surface area contributed by atoms with Gasteiger partial charge in [0.1, 0.15) is 11.5 Å². The van der Waals surface area contributed by atoms with Crippen molar-refractivity contribution < 1.29 is 13.9 Å². The first-order valence-electron chi connectivity index (χ1n) is 9.75. The van der Waals surface area contributed by atoms with Crippen molar-refractivity contribution in [3.63, 3.8) is 0 Å². The highest BCUT2D eigenvalue weighted by molar-refractivity contribution is 8.04. The predicted molar refractivity (Wildman–Crippen MR) is 126 cm³/mol. The summed E-state index contributed by atoms with van der Waals surface area (Å²) in [6, 6.07) is 8.21. The normalized spacial score (nSPS) is 14.3. The summed E-state index contributed by atoms with van der Waals surface area (Å²) in [6.45, 7) is 2.05. The number of methoxy groups -OCH3 is 2. The highest BCUT2D eigenvalue weighted by Crippen LogP contribution is 2.38. The van der Waals surface area contributed by atoms with Crippen molar-refractivity contribution >= 4 is 46.8 Å². The van der Waals surface area contributed by atoms with Crippen molar-refractivity contribution in [3.05, 3.63) is 68.1 Å². The van der Waals surface area contributed by atoms with Gasteiger partial charge in [-0.2, -0.15) is 9.78 Å². The van der Waals surface area contributed by atoms with Crippen LogP contribution >= 0.6 is 35.0 Å². The number of hydrogen-bond acceptors (Lipinski definition) is 6. The van der Waals surface area contributed by atoms with E-state index in [2.05, 4.69) is 17.1 Å². The summed E-state index contributed by atoms with van der Waals surface area (Å²) in [7, 11) is 3.15. The summed E-state index contributed by atoms with van der Waals surface area (Å²) in [6.07, 6.45) is 3.51. The Hall–Kier alpha value is -2.55. The highest BCUT2D eigenvalue weighted by atomic mass is 35.5. The summed E-state index contributed by atoms with van der Waals surface area (Å²) in [5, 5.41) is 14.1. The van der Waals surface area contributed by atoms with E-state index in [1.165, 1.54) is 23.9 Å². The van der Waals surface area contributed by atoms with E-state index in [4.69, 9.17) is 37.8 Å². The van der Waals surface area contributed by atoms with Crippen molar-refractivity contribution in [3.8, 4) is 11.5 Å². The van der Waals surface area contributed by atoms with Gasteiger partial charge in [0.2, 0.25) is 5.16 Å². The van der Waals surface area contributed by atoms with Gasteiger partial charge < -0.3 is 9.47 Å². The van der Waals surface area contributed by atoms with Crippen LogP contribution in [0.1, 0.15) is 30.3 Å². The average Bonchev–Trinajstić information content (AvgIpc) is 3.17. The Morgan fingerprint density at radius 2 is 1.84 bits per heavy atom. The second-order valence-corrected chi connectivity index (χ2v) is 8.70. The molecule has 2 aromatic carbocycles. The van der Waals surface area contributed by atoms with Crippen molar-refractivity contribution in [2.24, 2.45) is 5.10 Å². The Balaban J connectivity index is 1.88. The molecule has 0 spiro atoms. The van der Waals surface area contributed by atoms with Gasteiger partial charge in [-0.3, -0.25) is 0 Å². The van der Waals surface area contributed by atoms with Crippen LogP contribution in [0.3, 0.4) is 0 Å². The Labute approximate surface area is 199 Å². The topological polar surface area (TPSA) is 61.5 Å². The molecule has 0 saturated carbocycles. The number of ether oxygens (including phenoxy) is 2. The first-order valence-corrected chi connectivity index (χ1v) is 11.3. The van der Waals surface area contributed by atoms with Gasteiger partial charge in [-0.05, 0) is 54.1 Å². The van der Waals surface area contributed by atoms with Gasteiger partial charge in [0, 0.05) is 16.9 Å². The summed E-state index contributed by atoms with van der Waals surface area (Å²) < 4.78 is 26.8. The Morgan fingerprint density at radius 1 is 1.06 bits per heavy atom. The monoisotopic (exact) mass is 492 g/mol. The fourth-order valence-electron chi connectivity index (χ4n) is 3.22. The van der Waals surface area contributed by atoms with Crippen molar-refractivity contribution in [2.75, 3.05) is 14.2 Å². The van der Waals surface area contributed by atoms with Gasteiger partial charge in [-0.15, -0.1) is 10.2 Å². The quantitative estimate of drug-likeness (QED) is 0.389. The number of thioether (sulfide) groups is 1. The number of aryl methyl sites for hydroxylation is 1. The number of allylic oxidation sites excluding steroid dienone is 1. The minimum atomic E-state index is -0.576. The largest absolute Gasteiger partial charge is 0.493 e. The van der Waals surface area contributed by atoms with Crippen LogP contribution in [-0.2, 0) is 6.42 Å². The molecule has 0 atom stereocenters. The molecule has 3 aromatic rings. The number of fused-ring (bicyclic) bond motifs is 1. The van der Waals surface area contributed by atoms with Gasteiger partial charge in [0.05, 0.1) is 24.3 Å². The molecular weight excluding hydrogens is 474 g/mol. The number of rotatable bonds is 6. The van der Waals surface area contributed by atoms with Crippen molar-refractivity contribution in [1.29, 1.82) is 0 Å². The molecule has 10 heteroatoms. The molecule has 1 aliphatic heterocycles. The molecule has 0 radical (unpaired) electrons. The highest BCUT2D eigenvalue weighted by Gasteiger charge is 2.26. The second-order valence-electron chi connectivity index (χ2n) is 6.88. The molecule has 0 amide bonds. The molecule has 2 heterocycles. The summed E-state index contributed by atoms with van der Waals surface area (Å²) in [4.78, 5) is 0.726. The molecule has 0 fully saturated rings. The zero-order valence-electron chi connectivity index (χ0n) is 17.5. The van der Waals surface area contributed by atoms with Crippen LogP contribution in [0, 0.1) is 5.82 Å². The third kappa shape index (κ3) is 4.35. The Morgan fingerprint density at radius 3 is 2.56 bits per heavy atom. The molecule has 0 saturated heterocycles. The lowest BCUT2D eigenvalue weighted by Crippen LogP contribution is -2.14. The molecule has 1 aliphatic rings. The fourth-order valence-corrected chi connectivity index (χ4v) is 4.64. The fraction of sp³-hybridized carbons (Fsp3) is 0.227. The molecule has 0 N–H and O–H groups in total. The molecule has 0 bridgehead atoms. The minimum Gasteiger partial charge on any atom is -0.493 e. The van der Waals surface area contributed by atoms with E-state index >= 15 is 0 Å². The average molecular weight is 493 g/mol. The van der Waals surface area contributed by atoms with E-state index in [0.29, 0.717) is 39.4 Å². The zero-order chi connectivity index (χ0) is 22.8. The standard InChI is InChI=1S/C22H19Cl2FN4O2S/c1-4-5-20-26-27-22-29(20)28-21(13-10-16(25)15(24)11-14(13)23)19(32-22)9-12-6-7-17(30-2)18(8-12)31-3/h6-11H,4-5H2,1-3H3/b19-9-. The first-order chi connectivity index (χ1) is 15.4. The molecule has 166 valence electrons. The number of hydrogen-bond donors (Lipinski definition) is 0. The number of halogens is 3. The minimum absolute atomic E-state index is 0.0510. The number of benzene rings is 2. The van der Waals surface area contributed by atoms with E-state index in [1.807, 2.05) is 24.3 Å². The molecule has 6 nitrogen and oxygen atoms in total. The lowest BCUT2D eigenvalue weighted by molar-refractivity contribution is 0.355. The lowest BCUT2D eigenvalue weighted by Gasteiger charge is -2.18. The van der Waals surface area contributed by atoms with Crippen LogP contribution in [0.4, 0.5) is 4.39 Å². The van der Waals surface area contributed by atoms with E-state index in [9.17, 15) is 4.39 Å². The van der Waals surface area contributed by atoms with Gasteiger partial charge >= 0.3 is 0 Å². The Bertz CT molecular complexity index is 1240. The third-order valence-corrected chi connectivity index (χ3v) is 6.33. The van der Waals surface area contributed by atoms with Crippen molar-refractivity contribution in [2.45, 2.75) is 24.9 Å². The molecule has 32 heavy (non-hydrogen) atoms. The van der Waals surface area contributed by atoms with Gasteiger partial charge in [-0.25, -0.2) is 4.39 Å². The molecule has 4 rings (SSSR count). The maximum Gasteiger partial charge on any atom is 0.216 e. The van der Waals surface area contributed by atoms with Gasteiger partial charge in [0.25, 0.3) is 0 Å². The van der Waals surface area contributed by atoms with E-state index in [1.54, 1.807) is 18.9 Å². The van der Waals surface area contributed by atoms with Crippen LogP contribution in [0.2, 0.25) is 10.0 Å². The summed E-state index contributed by atoms with van der Waals surface area (Å²) in [5.41, 5.74) is 1.76. The second kappa shape index (κ2) is 9.52. The third-order valence-electron chi connectivity index (χ3n) is 4.76. The van der Waals surface area contributed by atoms with E-state index in [0.717, 1.165) is 22.7 Å².